The van der Waals surface area contributed by atoms with E-state index in [1.54, 1.807) is 0 Å². The minimum atomic E-state index is -5.00. The molecule has 0 bridgehead atoms. The molecule has 1 heterocycles. The number of para-hydroxylation sites is 1. The van der Waals surface area contributed by atoms with Crippen LogP contribution in [0.15, 0.2) is 66.5 Å². The van der Waals surface area contributed by atoms with E-state index >= 15 is 0 Å². The number of rotatable bonds is 6. The Morgan fingerprint density at radius 1 is 0.949 bits per heavy atom. The molecule has 0 radical (unpaired) electrons. The number of β-amino-alcohol motifs (C(OH)–C–C–N with tert-alkyl or cyclic N) is 1. The number of aliphatic hydroxyl groups is 1. The van der Waals surface area contributed by atoms with Gasteiger partial charge in [-0.05, 0) is 42.3 Å². The Morgan fingerprint density at radius 2 is 1.64 bits per heavy atom. The summed E-state index contributed by atoms with van der Waals surface area (Å²) in [6.07, 6.45) is -14.0. The van der Waals surface area contributed by atoms with Gasteiger partial charge in [-0.3, -0.25) is 0 Å². The molecule has 3 atom stereocenters. The first-order valence-corrected chi connectivity index (χ1v) is 11.4. The molecule has 39 heavy (non-hydrogen) atoms. The summed E-state index contributed by atoms with van der Waals surface area (Å²) >= 11 is 0. The van der Waals surface area contributed by atoms with Crippen LogP contribution in [0.2, 0.25) is 0 Å². The lowest BCUT2D eigenvalue weighted by Gasteiger charge is -2.43. The van der Waals surface area contributed by atoms with E-state index < -0.39 is 55.0 Å². The van der Waals surface area contributed by atoms with Crippen molar-refractivity contribution in [1.82, 2.24) is 0 Å². The minimum Gasteiger partial charge on any atom is -0.489 e. The van der Waals surface area contributed by atoms with Crippen molar-refractivity contribution < 1.29 is 58.8 Å². The van der Waals surface area contributed by atoms with E-state index in [9.17, 15) is 44.6 Å². The SMILES string of the molecule is OC(CN1c2cccc(-c3cccc(OC(F)(F)F)c3)c2OCC1[C@@H]1C=C(OC(F)(F)F)C=CC1)C(F)(F)F. The Labute approximate surface area is 215 Å². The molecule has 1 aliphatic heterocycles. The summed E-state index contributed by atoms with van der Waals surface area (Å²) in [5, 5.41) is 9.88. The molecule has 0 saturated heterocycles. The van der Waals surface area contributed by atoms with E-state index in [0.717, 1.165) is 24.3 Å². The fraction of sp³-hybridized carbons (Fsp3) is 0.360. The highest BCUT2D eigenvalue weighted by atomic mass is 19.4. The summed E-state index contributed by atoms with van der Waals surface area (Å²) in [5.41, 5.74) is 0.491. The van der Waals surface area contributed by atoms with E-state index in [2.05, 4.69) is 9.47 Å². The Bertz CT molecular complexity index is 1240. The molecule has 5 nitrogen and oxygen atoms in total. The van der Waals surface area contributed by atoms with Gasteiger partial charge in [-0.15, -0.1) is 26.3 Å². The summed E-state index contributed by atoms with van der Waals surface area (Å²) in [6, 6.07) is 8.21. The zero-order valence-electron chi connectivity index (χ0n) is 19.6. The van der Waals surface area contributed by atoms with Gasteiger partial charge in [0, 0.05) is 11.5 Å². The maximum atomic E-state index is 13.3. The number of anilines is 1. The number of nitrogens with zero attached hydrogens (tertiary/aromatic N) is 1. The topological polar surface area (TPSA) is 51.2 Å². The van der Waals surface area contributed by atoms with Crippen LogP contribution < -0.4 is 14.4 Å². The van der Waals surface area contributed by atoms with Crippen molar-refractivity contribution in [3.63, 3.8) is 0 Å². The molecule has 2 aromatic rings. The largest absolute Gasteiger partial charge is 0.573 e. The normalized spacial score (nSPS) is 20.6. The Balaban J connectivity index is 1.73. The van der Waals surface area contributed by atoms with Gasteiger partial charge < -0.3 is 24.2 Å². The zero-order chi connectivity index (χ0) is 28.6. The van der Waals surface area contributed by atoms with Crippen molar-refractivity contribution >= 4 is 5.69 Å². The minimum absolute atomic E-state index is 0.0226. The first kappa shape index (κ1) is 28.5. The first-order valence-electron chi connectivity index (χ1n) is 11.4. The van der Waals surface area contributed by atoms with Gasteiger partial charge in [0.25, 0.3) is 0 Å². The van der Waals surface area contributed by atoms with Crippen LogP contribution in [0.25, 0.3) is 11.1 Å². The van der Waals surface area contributed by atoms with Gasteiger partial charge in [0.2, 0.25) is 0 Å². The lowest BCUT2D eigenvalue weighted by Crippen LogP contribution is -2.52. The van der Waals surface area contributed by atoms with Crippen LogP contribution >= 0.6 is 0 Å². The second-order valence-electron chi connectivity index (χ2n) is 8.74. The van der Waals surface area contributed by atoms with Crippen molar-refractivity contribution in [2.75, 3.05) is 18.1 Å². The molecule has 1 N–H and O–H groups in total. The highest BCUT2D eigenvalue weighted by Gasteiger charge is 2.43. The maximum Gasteiger partial charge on any atom is 0.573 e. The summed E-state index contributed by atoms with van der Waals surface area (Å²) < 4.78 is 130. The van der Waals surface area contributed by atoms with Crippen molar-refractivity contribution in [1.29, 1.82) is 0 Å². The third kappa shape index (κ3) is 7.11. The third-order valence-electron chi connectivity index (χ3n) is 6.03. The number of halogens is 9. The summed E-state index contributed by atoms with van der Waals surface area (Å²) in [5.74, 6) is -1.86. The van der Waals surface area contributed by atoms with E-state index in [-0.39, 0.29) is 35.6 Å². The average Bonchev–Trinajstić information content (AvgIpc) is 2.81. The average molecular weight is 569 g/mol. The smallest absolute Gasteiger partial charge is 0.489 e. The highest BCUT2D eigenvalue weighted by molar-refractivity contribution is 5.80. The number of benzene rings is 2. The predicted octanol–water partition coefficient (Wildman–Crippen LogP) is 6.74. The lowest BCUT2D eigenvalue weighted by atomic mass is 9.89. The number of hydrogen-bond donors (Lipinski definition) is 1. The Hall–Kier alpha value is -3.55. The van der Waals surface area contributed by atoms with Gasteiger partial charge in [-0.1, -0.05) is 30.3 Å². The molecule has 1 aliphatic carbocycles. The van der Waals surface area contributed by atoms with Crippen LogP contribution in [-0.4, -0.2) is 49.3 Å². The fourth-order valence-corrected chi connectivity index (χ4v) is 4.45. The van der Waals surface area contributed by atoms with E-state index in [1.165, 1.54) is 41.3 Å². The van der Waals surface area contributed by atoms with Crippen molar-refractivity contribution in [3.05, 3.63) is 66.5 Å². The zero-order valence-corrected chi connectivity index (χ0v) is 19.6. The molecule has 212 valence electrons. The maximum absolute atomic E-state index is 13.3. The van der Waals surface area contributed by atoms with Gasteiger partial charge >= 0.3 is 18.9 Å². The van der Waals surface area contributed by atoms with Gasteiger partial charge in [-0.2, -0.15) is 13.2 Å². The van der Waals surface area contributed by atoms with Crippen LogP contribution in [-0.2, 0) is 4.74 Å². The number of ether oxygens (including phenoxy) is 3. The second-order valence-corrected chi connectivity index (χ2v) is 8.74. The molecule has 14 heteroatoms. The number of alkyl halides is 9. The molecule has 2 aliphatic rings. The molecule has 0 fully saturated rings. The molecule has 0 amide bonds. The molecular weight excluding hydrogens is 549 g/mol. The Kier molecular flexibility index (Phi) is 7.70. The molecule has 0 spiro atoms. The fourth-order valence-electron chi connectivity index (χ4n) is 4.45. The van der Waals surface area contributed by atoms with Crippen LogP contribution in [0.3, 0.4) is 0 Å². The van der Waals surface area contributed by atoms with E-state index in [1.807, 2.05) is 0 Å². The molecular formula is C25H20F9NO4. The molecule has 2 unspecified atom stereocenters. The van der Waals surface area contributed by atoms with Gasteiger partial charge in [0.15, 0.2) is 11.9 Å². The van der Waals surface area contributed by atoms with Gasteiger partial charge in [-0.25, -0.2) is 0 Å². The number of allylic oxidation sites excluding steroid dienone is 2. The molecule has 2 aromatic carbocycles. The van der Waals surface area contributed by atoms with Gasteiger partial charge in [0.1, 0.15) is 18.1 Å². The Morgan fingerprint density at radius 3 is 2.31 bits per heavy atom. The number of hydrogen-bond acceptors (Lipinski definition) is 5. The van der Waals surface area contributed by atoms with Crippen molar-refractivity contribution in [3.8, 4) is 22.6 Å². The molecule has 4 rings (SSSR count). The molecule has 0 saturated carbocycles. The third-order valence-corrected chi connectivity index (χ3v) is 6.03. The van der Waals surface area contributed by atoms with Crippen LogP contribution in [0.1, 0.15) is 6.42 Å². The first-order chi connectivity index (χ1) is 18.1. The van der Waals surface area contributed by atoms with Crippen molar-refractivity contribution in [2.24, 2.45) is 5.92 Å². The van der Waals surface area contributed by atoms with Crippen LogP contribution in [0.4, 0.5) is 45.2 Å². The summed E-state index contributed by atoms with van der Waals surface area (Å²) in [7, 11) is 0. The second kappa shape index (κ2) is 10.5. The highest BCUT2D eigenvalue weighted by Crippen LogP contribution is 2.45. The predicted molar refractivity (Wildman–Crippen MR) is 120 cm³/mol. The lowest BCUT2D eigenvalue weighted by molar-refractivity contribution is -0.303. The van der Waals surface area contributed by atoms with Crippen LogP contribution in [0.5, 0.6) is 11.5 Å². The van der Waals surface area contributed by atoms with Crippen LogP contribution in [0, 0.1) is 5.92 Å². The number of fused-ring (bicyclic) bond motifs is 1. The van der Waals surface area contributed by atoms with Gasteiger partial charge in [0.05, 0.1) is 18.3 Å². The van der Waals surface area contributed by atoms with E-state index in [0.29, 0.717) is 0 Å². The summed E-state index contributed by atoms with van der Waals surface area (Å²) in [4.78, 5) is 1.18. The standard InChI is InChI=1S/C25H20F9NO4/c26-23(27,28)21(36)12-35-19-9-3-8-18(14-4-1-6-16(10-14)38-24(29,30)31)22(19)37-13-20(35)15-5-2-7-17(11-15)39-25(32,33)34/h1-4,6-11,15,20-21,36H,5,12-13H2/t15-,20?,21?/m0/s1. The number of aliphatic hydroxyl groups excluding tert-OH is 1. The monoisotopic (exact) mass is 569 g/mol. The summed E-state index contributed by atoms with van der Waals surface area (Å²) in [6.45, 7) is -1.28. The van der Waals surface area contributed by atoms with Crippen molar-refractivity contribution in [2.45, 2.75) is 37.5 Å². The molecule has 0 aromatic heterocycles. The van der Waals surface area contributed by atoms with E-state index in [4.69, 9.17) is 4.74 Å². The quantitative estimate of drug-likeness (QED) is 0.391.